The van der Waals surface area contributed by atoms with E-state index >= 15 is 0 Å². The molecule has 2 fully saturated rings. The van der Waals surface area contributed by atoms with Gasteiger partial charge in [0.2, 0.25) is 0 Å². The molecule has 1 heterocycles. The lowest BCUT2D eigenvalue weighted by Crippen LogP contribution is -2.49. The van der Waals surface area contributed by atoms with Crippen LogP contribution in [-0.4, -0.2) is 43.2 Å². The third-order valence-electron chi connectivity index (χ3n) is 3.69. The van der Waals surface area contributed by atoms with Crippen molar-refractivity contribution in [3.63, 3.8) is 0 Å². The summed E-state index contributed by atoms with van der Waals surface area (Å²) in [5.41, 5.74) is 5.75. The molecule has 3 heteroatoms. The van der Waals surface area contributed by atoms with Gasteiger partial charge in [-0.05, 0) is 44.8 Å². The second-order valence-corrected chi connectivity index (χ2v) is 4.88. The van der Waals surface area contributed by atoms with Crippen LogP contribution in [0.5, 0.6) is 0 Å². The molecule has 0 aromatic rings. The average molecular weight is 197 g/mol. The summed E-state index contributed by atoms with van der Waals surface area (Å²) in [7, 11) is 0. The first kappa shape index (κ1) is 10.4. The number of hydrogen-bond acceptors (Lipinski definition) is 3. The van der Waals surface area contributed by atoms with E-state index in [1.54, 1.807) is 0 Å². The molecule has 0 spiro atoms. The topological polar surface area (TPSA) is 41.3 Å². The molecule has 1 aliphatic carbocycles. The monoisotopic (exact) mass is 197 g/mol. The van der Waals surface area contributed by atoms with Crippen molar-refractivity contribution in [2.45, 2.75) is 38.3 Å². The SMILES string of the molecule is CCN1CCC(CNC2CC(N)C2)C1. The first-order valence-electron chi connectivity index (χ1n) is 5.99. The molecule has 0 aromatic carbocycles. The molecular weight excluding hydrogens is 174 g/mol. The fourth-order valence-electron chi connectivity index (χ4n) is 2.53. The van der Waals surface area contributed by atoms with E-state index in [0.717, 1.165) is 12.0 Å². The van der Waals surface area contributed by atoms with E-state index in [2.05, 4.69) is 17.1 Å². The number of nitrogens with zero attached hydrogens (tertiary/aromatic N) is 1. The molecule has 0 amide bonds. The average Bonchev–Trinajstić information content (AvgIpc) is 2.58. The molecule has 2 rings (SSSR count). The van der Waals surface area contributed by atoms with Gasteiger partial charge < -0.3 is 16.0 Å². The number of nitrogens with one attached hydrogen (secondary N) is 1. The highest BCUT2D eigenvalue weighted by Crippen LogP contribution is 2.19. The third kappa shape index (κ3) is 2.47. The van der Waals surface area contributed by atoms with Gasteiger partial charge in [0.25, 0.3) is 0 Å². The van der Waals surface area contributed by atoms with Crippen molar-refractivity contribution in [1.82, 2.24) is 10.2 Å². The second-order valence-electron chi connectivity index (χ2n) is 4.88. The maximum atomic E-state index is 5.75. The molecule has 2 aliphatic rings. The lowest BCUT2D eigenvalue weighted by molar-refractivity contribution is 0.273. The summed E-state index contributed by atoms with van der Waals surface area (Å²) in [5, 5.41) is 3.63. The molecule has 1 saturated heterocycles. The van der Waals surface area contributed by atoms with Crippen LogP contribution in [0, 0.1) is 5.92 Å². The first-order chi connectivity index (χ1) is 6.78. The van der Waals surface area contributed by atoms with Crippen molar-refractivity contribution >= 4 is 0 Å². The van der Waals surface area contributed by atoms with Crippen LogP contribution < -0.4 is 11.1 Å². The van der Waals surface area contributed by atoms with Crippen molar-refractivity contribution < 1.29 is 0 Å². The number of hydrogen-bond donors (Lipinski definition) is 2. The Morgan fingerprint density at radius 1 is 1.43 bits per heavy atom. The summed E-state index contributed by atoms with van der Waals surface area (Å²) in [4.78, 5) is 2.54. The van der Waals surface area contributed by atoms with Gasteiger partial charge in [-0.3, -0.25) is 0 Å². The van der Waals surface area contributed by atoms with Gasteiger partial charge in [0.15, 0.2) is 0 Å². The van der Waals surface area contributed by atoms with E-state index in [1.807, 2.05) is 0 Å². The maximum Gasteiger partial charge on any atom is 0.00966 e. The Morgan fingerprint density at radius 3 is 2.79 bits per heavy atom. The standard InChI is InChI=1S/C11H23N3/c1-2-14-4-3-9(8-14)7-13-11-5-10(12)6-11/h9-11,13H,2-8,12H2,1H3. The Bertz CT molecular complexity index is 177. The van der Waals surface area contributed by atoms with E-state index in [9.17, 15) is 0 Å². The minimum absolute atomic E-state index is 0.475. The zero-order valence-corrected chi connectivity index (χ0v) is 9.21. The smallest absolute Gasteiger partial charge is 0.00966 e. The number of likely N-dealkylation sites (tertiary alicyclic amines) is 1. The molecule has 1 saturated carbocycles. The van der Waals surface area contributed by atoms with Gasteiger partial charge in [-0.2, -0.15) is 0 Å². The van der Waals surface area contributed by atoms with E-state index < -0.39 is 0 Å². The fourth-order valence-corrected chi connectivity index (χ4v) is 2.53. The van der Waals surface area contributed by atoms with Crippen molar-refractivity contribution in [2.24, 2.45) is 11.7 Å². The minimum atomic E-state index is 0.475. The van der Waals surface area contributed by atoms with Crippen LogP contribution in [0.1, 0.15) is 26.2 Å². The lowest BCUT2D eigenvalue weighted by atomic mass is 9.87. The highest BCUT2D eigenvalue weighted by atomic mass is 15.1. The van der Waals surface area contributed by atoms with E-state index in [0.29, 0.717) is 6.04 Å². The molecule has 1 unspecified atom stereocenters. The Kier molecular flexibility index (Phi) is 3.42. The van der Waals surface area contributed by atoms with Crippen molar-refractivity contribution in [2.75, 3.05) is 26.2 Å². The van der Waals surface area contributed by atoms with E-state index in [1.165, 1.54) is 45.4 Å². The summed E-state index contributed by atoms with van der Waals surface area (Å²) in [6, 6.07) is 1.20. The Balaban J connectivity index is 1.58. The predicted octanol–water partition coefficient (Wildman–Crippen LogP) is 0.408. The third-order valence-corrected chi connectivity index (χ3v) is 3.69. The van der Waals surface area contributed by atoms with Crippen LogP contribution in [0.2, 0.25) is 0 Å². The van der Waals surface area contributed by atoms with Crippen LogP contribution >= 0.6 is 0 Å². The highest BCUT2D eigenvalue weighted by molar-refractivity contribution is 4.88. The summed E-state index contributed by atoms with van der Waals surface area (Å²) < 4.78 is 0. The first-order valence-corrected chi connectivity index (χ1v) is 5.99. The summed E-state index contributed by atoms with van der Waals surface area (Å²) in [6.45, 7) is 7.26. The van der Waals surface area contributed by atoms with Crippen molar-refractivity contribution in [3.05, 3.63) is 0 Å². The Morgan fingerprint density at radius 2 is 2.21 bits per heavy atom. The maximum absolute atomic E-state index is 5.75. The lowest BCUT2D eigenvalue weighted by Gasteiger charge is -2.34. The number of nitrogens with two attached hydrogens (primary N) is 1. The molecule has 82 valence electrons. The quantitative estimate of drug-likeness (QED) is 0.686. The molecule has 14 heavy (non-hydrogen) atoms. The van der Waals surface area contributed by atoms with Crippen LogP contribution in [0.4, 0.5) is 0 Å². The highest BCUT2D eigenvalue weighted by Gasteiger charge is 2.27. The van der Waals surface area contributed by atoms with Gasteiger partial charge in [-0.15, -0.1) is 0 Å². The van der Waals surface area contributed by atoms with Gasteiger partial charge in [0, 0.05) is 18.6 Å². The number of rotatable bonds is 4. The zero-order valence-electron chi connectivity index (χ0n) is 9.21. The summed E-state index contributed by atoms with van der Waals surface area (Å²) in [6.07, 6.45) is 3.74. The minimum Gasteiger partial charge on any atom is -0.328 e. The summed E-state index contributed by atoms with van der Waals surface area (Å²) >= 11 is 0. The largest absolute Gasteiger partial charge is 0.328 e. The van der Waals surface area contributed by atoms with Gasteiger partial charge in [0.05, 0.1) is 0 Å². The van der Waals surface area contributed by atoms with Gasteiger partial charge in [-0.1, -0.05) is 6.92 Å². The second kappa shape index (κ2) is 4.60. The zero-order chi connectivity index (χ0) is 9.97. The summed E-state index contributed by atoms with van der Waals surface area (Å²) in [5.74, 6) is 0.881. The Hall–Kier alpha value is -0.120. The molecular formula is C11H23N3. The molecule has 0 radical (unpaired) electrons. The van der Waals surface area contributed by atoms with Crippen molar-refractivity contribution in [3.8, 4) is 0 Å². The van der Waals surface area contributed by atoms with Crippen LogP contribution in [0.3, 0.4) is 0 Å². The van der Waals surface area contributed by atoms with Crippen LogP contribution in [0.25, 0.3) is 0 Å². The molecule has 1 aliphatic heterocycles. The predicted molar refractivity (Wildman–Crippen MR) is 59.2 cm³/mol. The molecule has 1 atom stereocenters. The van der Waals surface area contributed by atoms with Gasteiger partial charge >= 0.3 is 0 Å². The van der Waals surface area contributed by atoms with E-state index in [4.69, 9.17) is 5.73 Å². The molecule has 0 aromatic heterocycles. The van der Waals surface area contributed by atoms with E-state index in [-0.39, 0.29) is 0 Å². The van der Waals surface area contributed by atoms with Crippen LogP contribution in [0.15, 0.2) is 0 Å². The van der Waals surface area contributed by atoms with Gasteiger partial charge in [0.1, 0.15) is 0 Å². The van der Waals surface area contributed by atoms with Gasteiger partial charge in [-0.25, -0.2) is 0 Å². The molecule has 3 nitrogen and oxygen atoms in total. The normalized spacial score (nSPS) is 38.6. The van der Waals surface area contributed by atoms with Crippen LogP contribution in [-0.2, 0) is 0 Å². The molecule has 3 N–H and O–H groups in total. The van der Waals surface area contributed by atoms with Crippen molar-refractivity contribution in [1.29, 1.82) is 0 Å². The molecule has 0 bridgehead atoms. The fraction of sp³-hybridized carbons (Fsp3) is 1.00. The Labute approximate surface area is 87.0 Å².